The van der Waals surface area contributed by atoms with Gasteiger partial charge in [0.05, 0.1) is 6.54 Å². The van der Waals surface area contributed by atoms with Crippen LogP contribution < -0.4 is 5.32 Å². The Labute approximate surface area is 125 Å². The highest BCUT2D eigenvalue weighted by Crippen LogP contribution is 2.44. The molecule has 1 saturated carbocycles. The number of nitrogens with zero attached hydrogens (tertiary/aromatic N) is 1. The molecule has 6 heteroatoms. The van der Waals surface area contributed by atoms with Crippen molar-refractivity contribution in [1.29, 1.82) is 0 Å². The van der Waals surface area contributed by atoms with Crippen LogP contribution in [0.5, 0.6) is 0 Å². The highest BCUT2D eigenvalue weighted by atomic mass is 16.5. The van der Waals surface area contributed by atoms with Crippen molar-refractivity contribution >= 4 is 12.0 Å². The Morgan fingerprint density at radius 3 is 2.33 bits per heavy atom. The first-order chi connectivity index (χ1) is 10.1. The van der Waals surface area contributed by atoms with Crippen molar-refractivity contribution in [3.63, 3.8) is 0 Å². The van der Waals surface area contributed by atoms with Crippen molar-refractivity contribution in [3.05, 3.63) is 0 Å². The number of methoxy groups -OCH3 is 1. The molecule has 0 aromatic rings. The van der Waals surface area contributed by atoms with Crippen LogP contribution >= 0.6 is 0 Å². The summed E-state index contributed by atoms with van der Waals surface area (Å²) < 4.78 is 4.81. The number of carbonyl (C=O) groups is 2. The zero-order valence-electron chi connectivity index (χ0n) is 12.8. The van der Waals surface area contributed by atoms with Gasteiger partial charge >= 0.3 is 12.0 Å². The molecule has 1 aliphatic carbocycles. The highest BCUT2D eigenvalue weighted by Gasteiger charge is 2.36. The molecule has 2 fully saturated rings. The fraction of sp³-hybridized carbons (Fsp3) is 0.867. The number of hydrogen-bond acceptors (Lipinski definition) is 3. The maximum absolute atomic E-state index is 12.1. The Kier molecular flexibility index (Phi) is 5.45. The van der Waals surface area contributed by atoms with Gasteiger partial charge in [-0.25, -0.2) is 9.59 Å². The van der Waals surface area contributed by atoms with E-state index >= 15 is 0 Å². The van der Waals surface area contributed by atoms with Crippen molar-refractivity contribution in [3.8, 4) is 0 Å². The van der Waals surface area contributed by atoms with Crippen molar-refractivity contribution in [1.82, 2.24) is 10.2 Å². The lowest BCUT2D eigenvalue weighted by Gasteiger charge is -2.44. The third kappa shape index (κ3) is 4.09. The number of ether oxygens (including phenoxy) is 1. The first-order valence-electron chi connectivity index (χ1n) is 7.85. The smallest absolute Gasteiger partial charge is 0.334 e. The molecule has 21 heavy (non-hydrogen) atoms. The predicted octanol–water partition coefficient (Wildman–Crippen LogP) is 1.84. The van der Waals surface area contributed by atoms with E-state index in [1.54, 1.807) is 4.90 Å². The third-order valence-corrected chi connectivity index (χ3v) is 5.02. The van der Waals surface area contributed by atoms with Gasteiger partial charge in [-0.1, -0.05) is 19.3 Å². The molecule has 2 amide bonds. The normalized spacial score (nSPS) is 22.8. The van der Waals surface area contributed by atoms with Crippen molar-refractivity contribution in [2.75, 3.05) is 26.7 Å². The number of rotatable bonds is 4. The maximum atomic E-state index is 12.1. The fourth-order valence-electron chi connectivity index (χ4n) is 3.55. The Bertz CT molecular complexity index is 370. The predicted molar refractivity (Wildman–Crippen MR) is 78.2 cm³/mol. The van der Waals surface area contributed by atoms with Gasteiger partial charge in [-0.3, -0.25) is 0 Å². The number of hydrogen-bond donors (Lipinski definition) is 2. The number of carboxylic acids is 1. The van der Waals surface area contributed by atoms with Crippen LogP contribution in [0.15, 0.2) is 0 Å². The minimum atomic E-state index is -1.06. The van der Waals surface area contributed by atoms with Gasteiger partial charge in [0.15, 0.2) is 6.10 Å². The molecule has 1 heterocycles. The van der Waals surface area contributed by atoms with Gasteiger partial charge in [-0.05, 0) is 31.1 Å². The van der Waals surface area contributed by atoms with Crippen LogP contribution in [0.1, 0.15) is 44.9 Å². The molecule has 1 unspecified atom stereocenters. The highest BCUT2D eigenvalue weighted by molar-refractivity contribution is 5.77. The Morgan fingerprint density at radius 1 is 1.19 bits per heavy atom. The number of carbonyl (C=O) groups excluding carboxylic acids is 1. The summed E-state index contributed by atoms with van der Waals surface area (Å²) in [6.45, 7) is 1.55. The molecule has 2 rings (SSSR count). The third-order valence-electron chi connectivity index (χ3n) is 5.02. The van der Waals surface area contributed by atoms with Gasteiger partial charge in [-0.15, -0.1) is 0 Å². The standard InChI is InChI=1S/C15H26N2O4/c1-21-12(13(18)19)11-16-14(20)17-9-7-15(8-10-17)5-3-2-4-6-15/h12H,2-11H2,1H3,(H,16,20)(H,18,19). The molecule has 6 nitrogen and oxygen atoms in total. The average molecular weight is 298 g/mol. The van der Waals surface area contributed by atoms with Crippen molar-refractivity contribution < 1.29 is 19.4 Å². The monoisotopic (exact) mass is 298 g/mol. The zero-order valence-corrected chi connectivity index (χ0v) is 12.8. The molecular formula is C15H26N2O4. The first-order valence-corrected chi connectivity index (χ1v) is 7.85. The second-order valence-electron chi connectivity index (χ2n) is 6.30. The minimum absolute atomic E-state index is 0.00626. The minimum Gasteiger partial charge on any atom is -0.479 e. The van der Waals surface area contributed by atoms with Gasteiger partial charge in [0.2, 0.25) is 0 Å². The van der Waals surface area contributed by atoms with E-state index in [1.807, 2.05) is 0 Å². The van der Waals surface area contributed by atoms with E-state index in [-0.39, 0.29) is 12.6 Å². The van der Waals surface area contributed by atoms with Gasteiger partial charge in [0, 0.05) is 20.2 Å². The molecule has 120 valence electrons. The fourth-order valence-corrected chi connectivity index (χ4v) is 3.55. The topological polar surface area (TPSA) is 78.9 Å². The van der Waals surface area contributed by atoms with Crippen molar-refractivity contribution in [2.45, 2.75) is 51.0 Å². The van der Waals surface area contributed by atoms with Crippen LogP contribution in [0.4, 0.5) is 4.79 Å². The summed E-state index contributed by atoms with van der Waals surface area (Å²) in [6, 6.07) is -0.177. The van der Waals surface area contributed by atoms with Crippen LogP contribution in [-0.2, 0) is 9.53 Å². The van der Waals surface area contributed by atoms with E-state index in [1.165, 1.54) is 39.2 Å². The number of carboxylic acid groups (broad SMARTS) is 1. The molecule has 1 saturated heterocycles. The molecule has 1 aliphatic heterocycles. The summed E-state index contributed by atoms with van der Waals surface area (Å²) in [5.74, 6) is -1.06. The van der Waals surface area contributed by atoms with E-state index in [0.717, 1.165) is 25.9 Å². The molecule has 2 N–H and O–H groups in total. The second kappa shape index (κ2) is 7.11. The number of likely N-dealkylation sites (tertiary alicyclic amines) is 1. The van der Waals surface area contributed by atoms with Gasteiger partial charge in [0.25, 0.3) is 0 Å². The number of nitrogens with one attached hydrogen (secondary N) is 1. The summed E-state index contributed by atoms with van der Waals surface area (Å²) in [4.78, 5) is 24.7. The Balaban J connectivity index is 1.76. The van der Waals surface area contributed by atoms with E-state index in [2.05, 4.69) is 5.32 Å². The van der Waals surface area contributed by atoms with Gasteiger partial charge in [-0.2, -0.15) is 0 Å². The number of piperidine rings is 1. The molecular weight excluding hydrogens is 272 g/mol. The van der Waals surface area contributed by atoms with Crippen molar-refractivity contribution in [2.24, 2.45) is 5.41 Å². The van der Waals surface area contributed by atoms with Gasteiger partial charge < -0.3 is 20.1 Å². The molecule has 2 aliphatic rings. The van der Waals surface area contributed by atoms with Crippen LogP contribution in [0.25, 0.3) is 0 Å². The molecule has 0 bridgehead atoms. The average Bonchev–Trinajstić information content (AvgIpc) is 2.49. The summed E-state index contributed by atoms with van der Waals surface area (Å²) in [6.07, 6.45) is 7.75. The number of aliphatic carboxylic acids is 1. The number of urea groups is 1. The van der Waals surface area contributed by atoms with Gasteiger partial charge in [0.1, 0.15) is 0 Å². The van der Waals surface area contributed by atoms with E-state index < -0.39 is 12.1 Å². The largest absolute Gasteiger partial charge is 0.479 e. The quantitative estimate of drug-likeness (QED) is 0.830. The van der Waals surface area contributed by atoms with Crippen LogP contribution in [0.3, 0.4) is 0 Å². The number of amides is 2. The lowest BCUT2D eigenvalue weighted by atomic mass is 9.68. The molecule has 0 aromatic heterocycles. The molecule has 1 spiro atoms. The van der Waals surface area contributed by atoms with E-state index in [4.69, 9.17) is 9.84 Å². The lowest BCUT2D eigenvalue weighted by Crippen LogP contribution is -2.49. The Hall–Kier alpha value is -1.30. The molecule has 0 aromatic carbocycles. The molecule has 1 atom stereocenters. The maximum Gasteiger partial charge on any atom is 0.334 e. The van der Waals surface area contributed by atoms with Crippen LogP contribution in [0.2, 0.25) is 0 Å². The summed E-state index contributed by atoms with van der Waals surface area (Å²) in [5.41, 5.74) is 0.463. The Morgan fingerprint density at radius 2 is 1.81 bits per heavy atom. The first kappa shape index (κ1) is 16.1. The summed E-state index contributed by atoms with van der Waals surface area (Å²) >= 11 is 0. The molecule has 0 radical (unpaired) electrons. The van der Waals surface area contributed by atoms with Crippen LogP contribution in [0, 0.1) is 5.41 Å². The van der Waals surface area contributed by atoms with E-state index in [9.17, 15) is 9.59 Å². The second-order valence-corrected chi connectivity index (χ2v) is 6.30. The van der Waals surface area contributed by atoms with E-state index in [0.29, 0.717) is 5.41 Å². The zero-order chi connectivity index (χ0) is 15.3. The summed E-state index contributed by atoms with van der Waals surface area (Å²) in [7, 11) is 1.33. The lowest BCUT2D eigenvalue weighted by molar-refractivity contribution is -0.148. The van der Waals surface area contributed by atoms with Crippen LogP contribution in [-0.4, -0.2) is 54.9 Å². The SMILES string of the molecule is COC(CNC(=O)N1CCC2(CCCCC2)CC1)C(=O)O. The summed E-state index contributed by atoms with van der Waals surface area (Å²) in [5, 5.41) is 11.5.